The van der Waals surface area contributed by atoms with Gasteiger partial charge in [-0.25, -0.2) is 9.83 Å². The topological polar surface area (TPSA) is 77.8 Å². The van der Waals surface area contributed by atoms with E-state index in [-0.39, 0.29) is 18.0 Å². The molecule has 0 aliphatic carbocycles. The molecule has 2 saturated heterocycles. The van der Waals surface area contributed by atoms with E-state index in [9.17, 15) is 4.79 Å². The minimum atomic E-state index is -0.0435. The van der Waals surface area contributed by atoms with Gasteiger partial charge in [-0.1, -0.05) is 27.5 Å². The van der Waals surface area contributed by atoms with Gasteiger partial charge in [0.2, 0.25) is 17.5 Å². The van der Waals surface area contributed by atoms with E-state index < -0.39 is 0 Å². The second kappa shape index (κ2) is 10.6. The molecule has 3 heterocycles. The molecule has 0 spiro atoms. The first kappa shape index (κ1) is 24.8. The average molecular weight is 569 g/mol. The smallest absolute Gasteiger partial charge is 0.239 e. The van der Waals surface area contributed by atoms with Crippen LogP contribution in [0, 0.1) is 6.57 Å². The number of carbonyl (C=O) groups is 1. The van der Waals surface area contributed by atoms with Gasteiger partial charge < -0.3 is 20.4 Å². The molecule has 2 N–H and O–H groups in total. The minimum Gasteiger partial charge on any atom is -0.349 e. The molecule has 2 aromatic carbocycles. The predicted molar refractivity (Wildman–Crippen MR) is 147 cm³/mol. The Morgan fingerprint density at radius 3 is 2.75 bits per heavy atom. The van der Waals surface area contributed by atoms with E-state index in [2.05, 4.69) is 36.3 Å². The van der Waals surface area contributed by atoms with Gasteiger partial charge in [-0.15, -0.1) is 0 Å². The first-order valence-electron chi connectivity index (χ1n) is 12.1. The molecule has 3 aromatic rings. The highest BCUT2D eigenvalue weighted by Crippen LogP contribution is 2.34. The van der Waals surface area contributed by atoms with Crippen LogP contribution in [0.1, 0.15) is 25.7 Å². The van der Waals surface area contributed by atoms with Crippen LogP contribution in [0.3, 0.4) is 0 Å². The molecule has 10 heteroatoms. The van der Waals surface area contributed by atoms with Crippen molar-refractivity contribution < 1.29 is 4.79 Å². The number of anilines is 3. The standard InChI is InChI=1S/C26H27BrClN7O/c1-29-23-15-17(28)6-8-21(23)31-24-19-14-16(27)5-7-20(19)32-26(33-24)35-12-9-18(10-13-35)34(2)25(36)22-4-3-11-30-22/h5-8,14-15,18,22,30H,3-4,9-13H2,2H3,(H,31,32,33). The fraction of sp³-hybridized carbons (Fsp3) is 0.385. The summed E-state index contributed by atoms with van der Waals surface area (Å²) in [5, 5.41) is 8.02. The van der Waals surface area contributed by atoms with Crippen LogP contribution in [0.2, 0.25) is 5.02 Å². The molecule has 1 aromatic heterocycles. The zero-order chi connectivity index (χ0) is 25.2. The number of piperidine rings is 1. The van der Waals surface area contributed by atoms with Crippen LogP contribution < -0.4 is 15.5 Å². The Labute approximate surface area is 224 Å². The molecule has 0 saturated carbocycles. The first-order chi connectivity index (χ1) is 17.4. The van der Waals surface area contributed by atoms with E-state index in [1.807, 2.05) is 30.1 Å². The van der Waals surface area contributed by atoms with Crippen LogP contribution >= 0.6 is 27.5 Å². The van der Waals surface area contributed by atoms with Gasteiger partial charge in [0.25, 0.3) is 0 Å². The molecule has 0 radical (unpaired) electrons. The van der Waals surface area contributed by atoms with Gasteiger partial charge in [0.15, 0.2) is 0 Å². The summed E-state index contributed by atoms with van der Waals surface area (Å²) in [5.74, 6) is 1.46. The highest BCUT2D eigenvalue weighted by Gasteiger charge is 2.31. The molecule has 2 aliphatic heterocycles. The molecule has 1 amide bonds. The lowest BCUT2D eigenvalue weighted by Crippen LogP contribution is -2.50. The van der Waals surface area contributed by atoms with Gasteiger partial charge in [-0.3, -0.25) is 4.79 Å². The summed E-state index contributed by atoms with van der Waals surface area (Å²) in [6, 6.07) is 11.2. The van der Waals surface area contributed by atoms with Crippen molar-refractivity contribution in [2.24, 2.45) is 0 Å². The molecule has 36 heavy (non-hydrogen) atoms. The number of hydrogen-bond acceptors (Lipinski definition) is 6. The van der Waals surface area contributed by atoms with Crippen LogP contribution in [0.15, 0.2) is 40.9 Å². The third-order valence-electron chi connectivity index (χ3n) is 6.98. The van der Waals surface area contributed by atoms with Crippen LogP contribution in [0.25, 0.3) is 15.7 Å². The maximum Gasteiger partial charge on any atom is 0.239 e. The molecule has 8 nitrogen and oxygen atoms in total. The van der Waals surface area contributed by atoms with Crippen molar-refractivity contribution in [2.75, 3.05) is 36.9 Å². The Balaban J connectivity index is 1.38. The number of hydrogen-bond donors (Lipinski definition) is 2. The van der Waals surface area contributed by atoms with E-state index in [0.29, 0.717) is 28.2 Å². The SMILES string of the molecule is [C-]#[N+]c1cc(Cl)ccc1Nc1nc(N2CCC(N(C)C(=O)C3CCCN3)CC2)nc2ccc(Br)cc12. The first-order valence-corrected chi connectivity index (χ1v) is 13.3. The van der Waals surface area contributed by atoms with Gasteiger partial charge in [0, 0.05) is 46.7 Å². The Hall–Kier alpha value is -2.93. The van der Waals surface area contributed by atoms with E-state index in [1.165, 1.54) is 0 Å². The van der Waals surface area contributed by atoms with Gasteiger partial charge in [0.1, 0.15) is 5.82 Å². The monoisotopic (exact) mass is 567 g/mol. The third kappa shape index (κ3) is 5.12. The summed E-state index contributed by atoms with van der Waals surface area (Å²) in [6.45, 7) is 9.97. The van der Waals surface area contributed by atoms with Crippen molar-refractivity contribution in [3.8, 4) is 0 Å². The molecular formula is C26H27BrClN7O. The highest BCUT2D eigenvalue weighted by atomic mass is 79.9. The van der Waals surface area contributed by atoms with Crippen LogP contribution in [-0.2, 0) is 4.79 Å². The molecular weight excluding hydrogens is 542 g/mol. The number of carbonyl (C=O) groups excluding carboxylic acids is 1. The van der Waals surface area contributed by atoms with Gasteiger partial charge >= 0.3 is 0 Å². The van der Waals surface area contributed by atoms with E-state index in [0.717, 1.165) is 60.7 Å². The summed E-state index contributed by atoms with van der Waals surface area (Å²) in [5.41, 5.74) is 1.88. The normalized spacial score (nSPS) is 18.3. The predicted octanol–water partition coefficient (Wildman–Crippen LogP) is 5.52. The summed E-state index contributed by atoms with van der Waals surface area (Å²) < 4.78 is 0.918. The lowest BCUT2D eigenvalue weighted by molar-refractivity contribution is -0.134. The lowest BCUT2D eigenvalue weighted by atomic mass is 10.0. The number of nitrogens with zero attached hydrogens (tertiary/aromatic N) is 5. The minimum absolute atomic E-state index is 0.0435. The zero-order valence-corrected chi connectivity index (χ0v) is 22.3. The van der Waals surface area contributed by atoms with Gasteiger partial charge in [0.05, 0.1) is 18.1 Å². The number of halogens is 2. The molecule has 1 unspecified atom stereocenters. The Kier molecular flexibility index (Phi) is 7.28. The lowest BCUT2D eigenvalue weighted by Gasteiger charge is -2.37. The summed E-state index contributed by atoms with van der Waals surface area (Å²) >= 11 is 9.64. The number of nitrogens with one attached hydrogen (secondary N) is 2. The van der Waals surface area contributed by atoms with Gasteiger partial charge in [-0.2, -0.15) is 4.98 Å². The summed E-state index contributed by atoms with van der Waals surface area (Å²) in [4.78, 5) is 30.3. The van der Waals surface area contributed by atoms with E-state index in [4.69, 9.17) is 28.1 Å². The molecule has 1 atom stereocenters. The molecule has 5 rings (SSSR count). The van der Waals surface area contributed by atoms with Crippen molar-refractivity contribution in [1.82, 2.24) is 20.2 Å². The second-order valence-corrected chi connectivity index (χ2v) is 10.6. The summed E-state index contributed by atoms with van der Waals surface area (Å²) in [7, 11) is 1.93. The van der Waals surface area contributed by atoms with Crippen molar-refractivity contribution in [1.29, 1.82) is 0 Å². The van der Waals surface area contributed by atoms with Crippen LogP contribution in [0.4, 0.5) is 23.1 Å². The van der Waals surface area contributed by atoms with E-state index in [1.54, 1.807) is 18.2 Å². The number of amides is 1. The fourth-order valence-corrected chi connectivity index (χ4v) is 5.46. The Morgan fingerprint density at radius 2 is 2.03 bits per heavy atom. The number of aromatic nitrogens is 2. The van der Waals surface area contributed by atoms with Crippen molar-refractivity contribution >= 4 is 67.5 Å². The maximum absolute atomic E-state index is 12.8. The number of rotatable bonds is 5. The largest absolute Gasteiger partial charge is 0.349 e. The van der Waals surface area contributed by atoms with Crippen molar-refractivity contribution in [2.45, 2.75) is 37.8 Å². The average Bonchev–Trinajstić information content (AvgIpc) is 3.44. The van der Waals surface area contributed by atoms with Crippen molar-refractivity contribution in [3.05, 3.63) is 57.3 Å². The third-order valence-corrected chi connectivity index (χ3v) is 7.71. The second-order valence-electron chi connectivity index (χ2n) is 9.25. The fourth-order valence-electron chi connectivity index (χ4n) is 4.93. The van der Waals surface area contributed by atoms with Crippen LogP contribution in [-0.4, -0.2) is 59.5 Å². The van der Waals surface area contributed by atoms with Crippen LogP contribution in [0.5, 0.6) is 0 Å². The van der Waals surface area contributed by atoms with E-state index >= 15 is 0 Å². The molecule has 2 fully saturated rings. The quantitative estimate of drug-likeness (QED) is 0.395. The summed E-state index contributed by atoms with van der Waals surface area (Å²) in [6.07, 6.45) is 3.70. The van der Waals surface area contributed by atoms with Gasteiger partial charge in [-0.05, 0) is 68.6 Å². The maximum atomic E-state index is 12.8. The molecule has 2 aliphatic rings. The molecule has 0 bridgehead atoms. The zero-order valence-electron chi connectivity index (χ0n) is 20.0. The Bertz CT molecular complexity index is 1330. The Morgan fingerprint density at radius 1 is 1.22 bits per heavy atom. The van der Waals surface area contributed by atoms with Crippen molar-refractivity contribution in [3.63, 3.8) is 0 Å². The highest BCUT2D eigenvalue weighted by molar-refractivity contribution is 9.10. The molecule has 186 valence electrons. The number of benzene rings is 2. The number of fused-ring (bicyclic) bond motifs is 1. The number of likely N-dealkylation sites (N-methyl/N-ethyl adjacent to an activating group) is 1.